The molecule has 0 spiro atoms. The molecule has 0 aliphatic heterocycles. The van der Waals surface area contributed by atoms with E-state index in [9.17, 15) is 4.79 Å². The van der Waals surface area contributed by atoms with Crippen LogP contribution in [-0.2, 0) is 10.5 Å². The zero-order chi connectivity index (χ0) is 20.5. The van der Waals surface area contributed by atoms with E-state index < -0.39 is 0 Å². The van der Waals surface area contributed by atoms with Crippen molar-refractivity contribution in [2.75, 3.05) is 7.11 Å². The Morgan fingerprint density at radius 1 is 1.28 bits per heavy atom. The summed E-state index contributed by atoms with van der Waals surface area (Å²) in [5, 5.41) is 4.68. The number of para-hydroxylation sites is 2. The van der Waals surface area contributed by atoms with Crippen molar-refractivity contribution in [3.8, 4) is 5.75 Å². The van der Waals surface area contributed by atoms with Crippen LogP contribution in [0.4, 0.5) is 0 Å². The van der Waals surface area contributed by atoms with Crippen LogP contribution in [0.25, 0.3) is 11.1 Å². The van der Waals surface area contributed by atoms with Gasteiger partial charge in [-0.2, -0.15) is 5.10 Å². The van der Waals surface area contributed by atoms with E-state index in [-0.39, 0.29) is 5.91 Å². The molecule has 6 nitrogen and oxygen atoms in total. The van der Waals surface area contributed by atoms with E-state index in [1.165, 1.54) is 11.8 Å². The first-order chi connectivity index (χ1) is 14.2. The van der Waals surface area contributed by atoms with E-state index in [0.717, 1.165) is 47.2 Å². The molecule has 0 fully saturated rings. The SMILES string of the molecule is CCCCCC(=O)NN=Cc1ccc(OC)c(CSc2nc3ccccc3o2)c1. The third kappa shape index (κ3) is 6.09. The Labute approximate surface area is 174 Å². The lowest BCUT2D eigenvalue weighted by atomic mass is 10.1. The van der Waals surface area contributed by atoms with Gasteiger partial charge in [0, 0.05) is 17.7 Å². The van der Waals surface area contributed by atoms with E-state index in [1.807, 2.05) is 42.5 Å². The molecule has 3 aromatic rings. The highest BCUT2D eigenvalue weighted by Crippen LogP contribution is 2.30. The number of aromatic nitrogens is 1. The zero-order valence-electron chi connectivity index (χ0n) is 16.7. The molecule has 3 rings (SSSR count). The highest BCUT2D eigenvalue weighted by atomic mass is 32.2. The summed E-state index contributed by atoms with van der Waals surface area (Å²) in [6, 6.07) is 13.5. The number of oxazole rings is 1. The van der Waals surface area contributed by atoms with Gasteiger partial charge < -0.3 is 9.15 Å². The lowest BCUT2D eigenvalue weighted by Gasteiger charge is -2.08. The first-order valence-electron chi connectivity index (χ1n) is 9.66. The molecule has 0 saturated heterocycles. The van der Waals surface area contributed by atoms with Gasteiger partial charge in [0.2, 0.25) is 5.91 Å². The molecular weight excluding hydrogens is 386 g/mol. The molecule has 1 amide bonds. The summed E-state index contributed by atoms with van der Waals surface area (Å²) in [5.74, 6) is 1.37. The number of benzene rings is 2. The minimum absolute atomic E-state index is 0.0602. The van der Waals surface area contributed by atoms with Crippen LogP contribution in [0, 0.1) is 0 Å². The fraction of sp³-hybridized carbons (Fsp3) is 0.318. The maximum atomic E-state index is 11.7. The van der Waals surface area contributed by atoms with Crippen molar-refractivity contribution in [2.24, 2.45) is 5.10 Å². The van der Waals surface area contributed by atoms with Crippen molar-refractivity contribution in [3.63, 3.8) is 0 Å². The quantitative estimate of drug-likeness (QED) is 0.216. The smallest absolute Gasteiger partial charge is 0.257 e. The molecule has 2 aromatic carbocycles. The Hall–Kier alpha value is -2.80. The van der Waals surface area contributed by atoms with Gasteiger partial charge in [-0.05, 0) is 42.3 Å². The van der Waals surface area contributed by atoms with Crippen molar-refractivity contribution in [1.82, 2.24) is 10.4 Å². The first kappa shape index (κ1) is 20.9. The number of unbranched alkanes of at least 4 members (excludes halogenated alkanes) is 2. The number of hydrogen-bond acceptors (Lipinski definition) is 6. The lowest BCUT2D eigenvalue weighted by molar-refractivity contribution is -0.121. The normalized spacial score (nSPS) is 11.2. The number of methoxy groups -OCH3 is 1. The Balaban J connectivity index is 1.62. The monoisotopic (exact) mass is 411 g/mol. The van der Waals surface area contributed by atoms with E-state index in [2.05, 4.69) is 22.4 Å². The van der Waals surface area contributed by atoms with Gasteiger partial charge in [0.1, 0.15) is 11.3 Å². The van der Waals surface area contributed by atoms with Crippen molar-refractivity contribution in [1.29, 1.82) is 0 Å². The number of carbonyl (C=O) groups is 1. The van der Waals surface area contributed by atoms with Crippen molar-refractivity contribution in [3.05, 3.63) is 53.6 Å². The molecule has 0 aliphatic carbocycles. The molecule has 152 valence electrons. The second kappa shape index (κ2) is 10.7. The maximum Gasteiger partial charge on any atom is 0.257 e. The summed E-state index contributed by atoms with van der Waals surface area (Å²) in [7, 11) is 1.65. The molecule has 1 aromatic heterocycles. The van der Waals surface area contributed by atoms with Crippen molar-refractivity contribution < 1.29 is 13.9 Å². The van der Waals surface area contributed by atoms with Crippen LogP contribution in [0.2, 0.25) is 0 Å². The first-order valence-corrected chi connectivity index (χ1v) is 10.7. The number of nitrogens with one attached hydrogen (secondary N) is 1. The van der Waals surface area contributed by atoms with E-state index in [4.69, 9.17) is 9.15 Å². The summed E-state index contributed by atoms with van der Waals surface area (Å²) >= 11 is 1.51. The number of rotatable bonds is 10. The largest absolute Gasteiger partial charge is 0.496 e. The maximum absolute atomic E-state index is 11.7. The number of carbonyl (C=O) groups excluding carboxylic acids is 1. The van der Waals surface area contributed by atoms with Gasteiger partial charge in [-0.3, -0.25) is 4.79 Å². The Morgan fingerprint density at radius 2 is 2.14 bits per heavy atom. The van der Waals surface area contributed by atoms with Gasteiger partial charge in [-0.25, -0.2) is 10.4 Å². The van der Waals surface area contributed by atoms with Crippen molar-refractivity contribution >= 4 is 35.0 Å². The minimum atomic E-state index is -0.0602. The zero-order valence-corrected chi connectivity index (χ0v) is 17.5. The van der Waals surface area contributed by atoms with Gasteiger partial charge in [-0.15, -0.1) is 0 Å². The van der Waals surface area contributed by atoms with Gasteiger partial charge in [-0.1, -0.05) is 43.7 Å². The molecule has 29 heavy (non-hydrogen) atoms. The van der Waals surface area contributed by atoms with Crippen LogP contribution >= 0.6 is 11.8 Å². The summed E-state index contributed by atoms with van der Waals surface area (Å²) in [4.78, 5) is 16.2. The van der Waals surface area contributed by atoms with E-state index in [1.54, 1.807) is 13.3 Å². The number of nitrogens with zero attached hydrogens (tertiary/aromatic N) is 2. The average molecular weight is 412 g/mol. The van der Waals surface area contributed by atoms with Gasteiger partial charge in [0.15, 0.2) is 5.58 Å². The van der Waals surface area contributed by atoms with Crippen molar-refractivity contribution in [2.45, 2.75) is 43.6 Å². The molecule has 0 unspecified atom stereocenters. The molecule has 0 atom stereocenters. The summed E-state index contributed by atoms with van der Waals surface area (Å²) < 4.78 is 11.2. The summed E-state index contributed by atoms with van der Waals surface area (Å²) in [6.07, 6.45) is 5.17. The number of hydrogen-bond donors (Lipinski definition) is 1. The molecular formula is C22H25N3O3S. The lowest BCUT2D eigenvalue weighted by Crippen LogP contribution is -2.16. The van der Waals surface area contributed by atoms with Crippen LogP contribution in [0.5, 0.6) is 5.75 Å². The summed E-state index contributed by atoms with van der Waals surface area (Å²) in [5.41, 5.74) is 6.08. The van der Waals surface area contributed by atoms with Crippen LogP contribution < -0.4 is 10.2 Å². The second-order valence-electron chi connectivity index (χ2n) is 6.56. The molecule has 0 bridgehead atoms. The second-order valence-corrected chi connectivity index (χ2v) is 7.48. The number of thioether (sulfide) groups is 1. The minimum Gasteiger partial charge on any atom is -0.496 e. The van der Waals surface area contributed by atoms with Gasteiger partial charge >= 0.3 is 0 Å². The number of fused-ring (bicyclic) bond motifs is 1. The molecule has 0 aliphatic rings. The van der Waals surface area contributed by atoms with E-state index >= 15 is 0 Å². The van der Waals surface area contributed by atoms with Crippen LogP contribution in [0.1, 0.15) is 43.7 Å². The Bertz CT molecular complexity index is 951. The molecule has 7 heteroatoms. The van der Waals surface area contributed by atoms with Crippen LogP contribution in [0.3, 0.4) is 0 Å². The fourth-order valence-electron chi connectivity index (χ4n) is 2.81. The predicted molar refractivity (Wildman–Crippen MR) is 116 cm³/mol. The summed E-state index contributed by atoms with van der Waals surface area (Å²) in [6.45, 7) is 2.11. The number of hydrazone groups is 1. The Kier molecular flexibility index (Phi) is 7.69. The molecule has 0 saturated carbocycles. The standard InChI is InChI=1S/C22H25N3O3S/c1-3-4-5-10-21(26)25-23-14-16-11-12-19(27-2)17(13-16)15-29-22-24-18-8-6-7-9-20(18)28-22/h6-9,11-14H,3-5,10,15H2,1-2H3,(H,25,26). The van der Waals surface area contributed by atoms with Crippen LogP contribution in [-0.4, -0.2) is 24.2 Å². The Morgan fingerprint density at radius 3 is 2.93 bits per heavy atom. The van der Waals surface area contributed by atoms with Crippen LogP contribution in [0.15, 0.2) is 57.2 Å². The van der Waals surface area contributed by atoms with E-state index in [0.29, 0.717) is 17.4 Å². The molecule has 0 radical (unpaired) electrons. The van der Waals surface area contributed by atoms with Gasteiger partial charge in [0.05, 0.1) is 13.3 Å². The third-order valence-electron chi connectivity index (χ3n) is 4.34. The third-order valence-corrected chi connectivity index (χ3v) is 5.22. The average Bonchev–Trinajstić information content (AvgIpc) is 3.15. The highest BCUT2D eigenvalue weighted by Gasteiger charge is 2.09. The topological polar surface area (TPSA) is 76.7 Å². The predicted octanol–water partition coefficient (Wildman–Crippen LogP) is 5.16. The number of ether oxygens (including phenoxy) is 1. The van der Waals surface area contributed by atoms with Gasteiger partial charge in [0.25, 0.3) is 5.22 Å². The molecule has 1 heterocycles. The number of amides is 1. The molecule has 1 N–H and O–H groups in total. The highest BCUT2D eigenvalue weighted by molar-refractivity contribution is 7.98. The fourth-order valence-corrected chi connectivity index (χ4v) is 3.63.